The van der Waals surface area contributed by atoms with E-state index in [2.05, 4.69) is 5.32 Å². The zero-order valence-electron chi connectivity index (χ0n) is 14.9. The number of ether oxygens (including phenoxy) is 1. The van der Waals surface area contributed by atoms with Crippen LogP contribution in [-0.2, 0) is 22.4 Å². The molecule has 1 amide bonds. The van der Waals surface area contributed by atoms with Crippen LogP contribution in [0.1, 0.15) is 51.9 Å². The van der Waals surface area contributed by atoms with Gasteiger partial charge in [0.05, 0.1) is 0 Å². The molecule has 3 rings (SSSR count). The lowest BCUT2D eigenvalue weighted by Gasteiger charge is -2.16. The van der Waals surface area contributed by atoms with Crippen LogP contribution in [0, 0.1) is 6.92 Å². The summed E-state index contributed by atoms with van der Waals surface area (Å²) in [6, 6.07) is 7.23. The first-order chi connectivity index (χ1) is 12.5. The van der Waals surface area contributed by atoms with Gasteiger partial charge < -0.3 is 10.1 Å². The Hall–Kier alpha value is -1.85. The highest BCUT2D eigenvalue weighted by molar-refractivity contribution is 7.14. The molecule has 0 bridgehead atoms. The number of carbonyl (C=O) groups excluding carboxylic acids is 2. The van der Waals surface area contributed by atoms with Gasteiger partial charge in [-0.2, -0.15) is 0 Å². The van der Waals surface area contributed by atoms with Gasteiger partial charge in [-0.1, -0.05) is 24.6 Å². The average Bonchev–Trinajstić information content (AvgIpc) is 3.06. The molecule has 0 fully saturated rings. The lowest BCUT2D eigenvalue weighted by atomic mass is 9.99. The van der Waals surface area contributed by atoms with Crippen molar-refractivity contribution in [2.45, 2.75) is 52.1 Å². The molecular weight excluding hydrogens is 370 g/mol. The number of rotatable bonds is 5. The molecular formula is C20H22ClNO3S. The van der Waals surface area contributed by atoms with Gasteiger partial charge in [0.15, 0.2) is 6.10 Å². The maximum absolute atomic E-state index is 12.5. The van der Waals surface area contributed by atoms with E-state index in [9.17, 15) is 9.59 Å². The highest BCUT2D eigenvalue weighted by Gasteiger charge is 2.24. The van der Waals surface area contributed by atoms with Gasteiger partial charge >= 0.3 is 5.97 Å². The molecule has 4 nitrogen and oxygen atoms in total. The SMILES string of the molecule is CCC(OC(=O)c1cc2c(s1)CCCC2)C(=O)Nc1ccc(C)c(Cl)c1. The normalized spacial score (nSPS) is 14.4. The standard InChI is InChI=1S/C20H22ClNO3S/c1-3-16(19(23)22-14-9-8-12(2)15(21)11-14)25-20(24)18-10-13-6-4-5-7-17(13)26-18/h8-11,16H,3-7H2,1-2H3,(H,22,23). The lowest BCUT2D eigenvalue weighted by Crippen LogP contribution is -2.31. The zero-order chi connectivity index (χ0) is 18.7. The average molecular weight is 392 g/mol. The Labute approximate surface area is 162 Å². The summed E-state index contributed by atoms with van der Waals surface area (Å²) < 4.78 is 5.48. The number of benzene rings is 1. The minimum Gasteiger partial charge on any atom is -0.448 e. The number of nitrogens with one attached hydrogen (secondary N) is 1. The minimum absolute atomic E-state index is 0.345. The number of hydrogen-bond acceptors (Lipinski definition) is 4. The van der Waals surface area contributed by atoms with Gasteiger partial charge in [0, 0.05) is 15.6 Å². The molecule has 26 heavy (non-hydrogen) atoms. The number of halogens is 1. The Morgan fingerprint density at radius 2 is 2.04 bits per heavy atom. The minimum atomic E-state index is -0.832. The molecule has 1 aliphatic rings. The molecule has 0 saturated carbocycles. The van der Waals surface area contributed by atoms with E-state index in [0.29, 0.717) is 22.0 Å². The number of carbonyl (C=O) groups is 2. The number of hydrogen-bond donors (Lipinski definition) is 1. The largest absolute Gasteiger partial charge is 0.448 e. The van der Waals surface area contributed by atoms with Crippen LogP contribution in [0.5, 0.6) is 0 Å². The molecule has 1 aromatic heterocycles. The van der Waals surface area contributed by atoms with E-state index in [1.54, 1.807) is 12.1 Å². The van der Waals surface area contributed by atoms with Gasteiger partial charge in [-0.25, -0.2) is 4.79 Å². The summed E-state index contributed by atoms with van der Waals surface area (Å²) in [5.41, 5.74) is 2.77. The zero-order valence-corrected chi connectivity index (χ0v) is 16.5. The molecule has 0 aliphatic heterocycles. The molecule has 1 N–H and O–H groups in total. The molecule has 1 unspecified atom stereocenters. The number of thiophene rings is 1. The van der Waals surface area contributed by atoms with E-state index in [-0.39, 0.29) is 5.91 Å². The Kier molecular flexibility index (Phi) is 5.99. The van der Waals surface area contributed by atoms with E-state index >= 15 is 0 Å². The second kappa shape index (κ2) is 8.23. The van der Waals surface area contributed by atoms with E-state index in [4.69, 9.17) is 16.3 Å². The van der Waals surface area contributed by atoms with Gasteiger partial charge in [0.25, 0.3) is 5.91 Å². The van der Waals surface area contributed by atoms with Crippen LogP contribution in [0.25, 0.3) is 0 Å². The summed E-state index contributed by atoms with van der Waals surface area (Å²) in [6.45, 7) is 3.71. The van der Waals surface area contributed by atoms with E-state index in [1.807, 2.05) is 26.0 Å². The monoisotopic (exact) mass is 391 g/mol. The third kappa shape index (κ3) is 4.27. The summed E-state index contributed by atoms with van der Waals surface area (Å²) in [5, 5.41) is 3.35. The highest BCUT2D eigenvalue weighted by Crippen LogP contribution is 2.30. The molecule has 138 valence electrons. The third-order valence-corrected chi connectivity index (χ3v) is 6.17. The Morgan fingerprint density at radius 1 is 1.27 bits per heavy atom. The Morgan fingerprint density at radius 3 is 2.73 bits per heavy atom. The highest BCUT2D eigenvalue weighted by atomic mass is 35.5. The third-order valence-electron chi connectivity index (χ3n) is 4.55. The van der Waals surface area contributed by atoms with Gasteiger partial charge in [-0.05, 0) is 68.4 Å². The van der Waals surface area contributed by atoms with Crippen LogP contribution in [-0.4, -0.2) is 18.0 Å². The van der Waals surface area contributed by atoms with Crippen molar-refractivity contribution < 1.29 is 14.3 Å². The molecule has 1 heterocycles. The van der Waals surface area contributed by atoms with E-state index in [1.165, 1.54) is 28.2 Å². The van der Waals surface area contributed by atoms with Gasteiger partial charge in [-0.15, -0.1) is 11.3 Å². The van der Waals surface area contributed by atoms with Crippen LogP contribution >= 0.6 is 22.9 Å². The number of anilines is 1. The van der Waals surface area contributed by atoms with Crippen LogP contribution in [0.15, 0.2) is 24.3 Å². The summed E-state index contributed by atoms with van der Waals surface area (Å²) >= 11 is 7.58. The van der Waals surface area contributed by atoms with Crippen molar-refractivity contribution in [3.8, 4) is 0 Å². The topological polar surface area (TPSA) is 55.4 Å². The van der Waals surface area contributed by atoms with Gasteiger partial charge in [-0.3, -0.25) is 4.79 Å². The first-order valence-electron chi connectivity index (χ1n) is 8.87. The van der Waals surface area contributed by atoms with Gasteiger partial charge in [0.2, 0.25) is 0 Å². The summed E-state index contributed by atoms with van der Waals surface area (Å²) in [7, 11) is 0. The van der Waals surface area contributed by atoms with Crippen molar-refractivity contribution in [3.05, 3.63) is 50.2 Å². The maximum atomic E-state index is 12.5. The summed E-state index contributed by atoms with van der Waals surface area (Å²) in [4.78, 5) is 26.8. The Balaban J connectivity index is 1.66. The number of fused-ring (bicyclic) bond motifs is 1. The maximum Gasteiger partial charge on any atom is 0.349 e. The predicted octanol–water partition coefficient (Wildman–Crippen LogP) is 5.16. The smallest absolute Gasteiger partial charge is 0.349 e. The van der Waals surface area contributed by atoms with Crippen molar-refractivity contribution in [1.82, 2.24) is 0 Å². The predicted molar refractivity (Wildman–Crippen MR) is 105 cm³/mol. The molecule has 2 aromatic rings. The van der Waals surface area contributed by atoms with Gasteiger partial charge in [0.1, 0.15) is 4.88 Å². The molecule has 0 spiro atoms. The molecule has 1 aliphatic carbocycles. The van der Waals surface area contributed by atoms with Crippen molar-refractivity contribution in [1.29, 1.82) is 0 Å². The second-order valence-electron chi connectivity index (χ2n) is 6.52. The van der Waals surface area contributed by atoms with Crippen molar-refractivity contribution >= 4 is 40.5 Å². The summed E-state index contributed by atoms with van der Waals surface area (Å²) in [5.74, 6) is -0.768. The van der Waals surface area contributed by atoms with E-state index in [0.717, 1.165) is 24.8 Å². The van der Waals surface area contributed by atoms with Crippen LogP contribution in [0.3, 0.4) is 0 Å². The quantitative estimate of drug-likeness (QED) is 0.716. The summed E-state index contributed by atoms with van der Waals surface area (Å²) in [6.07, 6.45) is 3.95. The first kappa shape index (κ1) is 18.9. The van der Waals surface area contributed by atoms with Crippen molar-refractivity contribution in [2.24, 2.45) is 0 Å². The van der Waals surface area contributed by atoms with Crippen molar-refractivity contribution in [2.75, 3.05) is 5.32 Å². The molecule has 1 atom stereocenters. The van der Waals surface area contributed by atoms with Crippen LogP contribution in [0.2, 0.25) is 5.02 Å². The Bertz CT molecular complexity index is 807. The fourth-order valence-corrected chi connectivity index (χ4v) is 4.31. The molecule has 0 saturated heterocycles. The van der Waals surface area contributed by atoms with E-state index < -0.39 is 12.1 Å². The number of aryl methyl sites for hydroxylation is 3. The fourth-order valence-electron chi connectivity index (χ4n) is 2.99. The fraction of sp³-hybridized carbons (Fsp3) is 0.400. The molecule has 1 aromatic carbocycles. The van der Waals surface area contributed by atoms with Crippen LogP contribution in [0.4, 0.5) is 5.69 Å². The van der Waals surface area contributed by atoms with Crippen LogP contribution < -0.4 is 5.32 Å². The molecule has 0 radical (unpaired) electrons. The molecule has 6 heteroatoms. The first-order valence-corrected chi connectivity index (χ1v) is 10.1. The number of esters is 1. The second-order valence-corrected chi connectivity index (χ2v) is 8.07. The van der Waals surface area contributed by atoms with Crippen molar-refractivity contribution in [3.63, 3.8) is 0 Å². The number of amides is 1. The lowest BCUT2D eigenvalue weighted by molar-refractivity contribution is -0.124.